The van der Waals surface area contributed by atoms with Crippen LogP contribution in [0, 0.1) is 0 Å². The zero-order valence-corrected chi connectivity index (χ0v) is 31.3. The minimum atomic E-state index is -0.616. The molecule has 2 aliphatic heterocycles. The molecule has 5 unspecified atom stereocenters. The Bertz CT molecular complexity index is 1900. The van der Waals surface area contributed by atoms with Crippen molar-refractivity contribution in [3.05, 3.63) is 178 Å². The van der Waals surface area contributed by atoms with Gasteiger partial charge in [0.1, 0.15) is 48.6 Å². The predicted octanol–water partition coefficient (Wildman–Crippen LogP) is 9.49. The molecule has 7 nitrogen and oxygen atoms in total. The second kappa shape index (κ2) is 19.2. The molecule has 54 heavy (non-hydrogen) atoms. The Morgan fingerprint density at radius 3 is 1.81 bits per heavy atom. The first-order chi connectivity index (χ1) is 26.6. The molecule has 5 aromatic rings. The van der Waals surface area contributed by atoms with Gasteiger partial charge in [-0.2, -0.15) is 0 Å². The Balaban J connectivity index is 1.30. The molecule has 280 valence electrons. The maximum Gasteiger partial charge on any atom is 0.127 e. The molecule has 0 radical (unpaired) electrons. The molecular weight excluding hydrogens is 700 g/mol. The van der Waals surface area contributed by atoms with Gasteiger partial charge < -0.3 is 33.2 Å². The highest BCUT2D eigenvalue weighted by Gasteiger charge is 2.50. The van der Waals surface area contributed by atoms with E-state index < -0.39 is 30.5 Å². The van der Waals surface area contributed by atoms with E-state index in [1.54, 1.807) is 0 Å². The fourth-order valence-electron chi connectivity index (χ4n) is 6.89. The molecular formula is C46H47ClO7. The van der Waals surface area contributed by atoms with Gasteiger partial charge in [-0.3, -0.25) is 0 Å². The van der Waals surface area contributed by atoms with Crippen molar-refractivity contribution in [1.29, 1.82) is 0 Å². The molecule has 0 amide bonds. The number of hydrogen-bond acceptors (Lipinski definition) is 7. The van der Waals surface area contributed by atoms with Gasteiger partial charge in [0.2, 0.25) is 0 Å². The molecule has 2 bridgehead atoms. The Morgan fingerprint density at radius 1 is 0.630 bits per heavy atom. The van der Waals surface area contributed by atoms with Gasteiger partial charge in [-0.1, -0.05) is 121 Å². The number of fused-ring (bicyclic) bond motifs is 4. The van der Waals surface area contributed by atoms with Gasteiger partial charge in [-0.15, -0.1) is 0 Å². The van der Waals surface area contributed by atoms with E-state index >= 15 is 0 Å². The summed E-state index contributed by atoms with van der Waals surface area (Å²) in [4.78, 5) is 0. The van der Waals surface area contributed by atoms with Crippen molar-refractivity contribution in [2.75, 3.05) is 26.4 Å². The molecule has 7 rings (SSSR count). The van der Waals surface area contributed by atoms with Gasteiger partial charge in [0.05, 0.1) is 39.6 Å². The molecule has 0 aliphatic carbocycles. The first-order valence-electron chi connectivity index (χ1n) is 18.7. The van der Waals surface area contributed by atoms with E-state index in [4.69, 9.17) is 44.8 Å². The summed E-state index contributed by atoms with van der Waals surface area (Å²) in [5.74, 6) is 1.46. The van der Waals surface area contributed by atoms with Crippen LogP contribution in [0.4, 0.5) is 0 Å². The normalized spacial score (nSPS) is 21.3. The van der Waals surface area contributed by atoms with E-state index in [0.717, 1.165) is 39.1 Å². The number of rotatable bonds is 13. The van der Waals surface area contributed by atoms with Crippen LogP contribution in [-0.2, 0) is 49.9 Å². The summed E-state index contributed by atoms with van der Waals surface area (Å²) in [5, 5.41) is 0.608. The highest BCUT2D eigenvalue weighted by Crippen LogP contribution is 2.43. The minimum absolute atomic E-state index is 0.291. The maximum absolute atomic E-state index is 7.14. The molecule has 1 fully saturated rings. The summed E-state index contributed by atoms with van der Waals surface area (Å²) in [6.07, 6.45) is 1.71. The Hall–Kier alpha value is -4.47. The minimum Gasteiger partial charge on any atom is -0.494 e. The molecule has 0 saturated carbocycles. The van der Waals surface area contributed by atoms with E-state index in [-0.39, 0.29) is 0 Å². The van der Waals surface area contributed by atoms with Crippen LogP contribution >= 0.6 is 11.6 Å². The van der Waals surface area contributed by atoms with Gasteiger partial charge in [-0.05, 0) is 71.5 Å². The van der Waals surface area contributed by atoms with Crippen molar-refractivity contribution in [2.45, 2.75) is 63.7 Å². The summed E-state index contributed by atoms with van der Waals surface area (Å²) >= 11 is 7.04. The van der Waals surface area contributed by atoms with Crippen LogP contribution in [0.1, 0.15) is 46.4 Å². The first-order valence-corrected chi connectivity index (χ1v) is 19.0. The second-order valence-electron chi connectivity index (χ2n) is 13.4. The fraction of sp³-hybridized carbons (Fsp3) is 0.304. The summed E-state index contributed by atoms with van der Waals surface area (Å²) in [6.45, 7) is 4.69. The van der Waals surface area contributed by atoms with Gasteiger partial charge in [-0.25, -0.2) is 0 Å². The molecule has 2 aliphatic rings. The summed E-state index contributed by atoms with van der Waals surface area (Å²) in [5.41, 5.74) is 6.00. The molecule has 5 aromatic carbocycles. The predicted molar refractivity (Wildman–Crippen MR) is 210 cm³/mol. The zero-order chi connectivity index (χ0) is 37.0. The van der Waals surface area contributed by atoms with Gasteiger partial charge in [0, 0.05) is 10.6 Å². The van der Waals surface area contributed by atoms with Crippen molar-refractivity contribution < 1.29 is 33.2 Å². The molecule has 1 saturated heterocycles. The zero-order valence-electron chi connectivity index (χ0n) is 30.6. The smallest absolute Gasteiger partial charge is 0.127 e. The van der Waals surface area contributed by atoms with Crippen molar-refractivity contribution >= 4 is 11.6 Å². The first kappa shape index (κ1) is 37.8. The third-order valence-corrected chi connectivity index (χ3v) is 9.95. The third kappa shape index (κ3) is 9.98. The van der Waals surface area contributed by atoms with Crippen LogP contribution in [0.2, 0.25) is 5.02 Å². The average molecular weight is 747 g/mol. The van der Waals surface area contributed by atoms with Crippen LogP contribution in [0.3, 0.4) is 0 Å². The molecule has 0 spiro atoms. The molecule has 0 N–H and O–H groups in total. The molecule has 2 heterocycles. The highest BCUT2D eigenvalue weighted by molar-refractivity contribution is 6.31. The van der Waals surface area contributed by atoms with Crippen molar-refractivity contribution in [3.8, 4) is 11.5 Å². The molecule has 0 aromatic heterocycles. The van der Waals surface area contributed by atoms with E-state index in [9.17, 15) is 0 Å². The van der Waals surface area contributed by atoms with E-state index in [1.165, 1.54) is 0 Å². The molecule has 5 atom stereocenters. The summed E-state index contributed by atoms with van der Waals surface area (Å²) < 4.78 is 46.2. The monoisotopic (exact) mass is 746 g/mol. The second-order valence-corrected chi connectivity index (χ2v) is 13.8. The van der Waals surface area contributed by atoms with E-state index in [0.29, 0.717) is 63.4 Å². The van der Waals surface area contributed by atoms with Crippen molar-refractivity contribution in [1.82, 2.24) is 0 Å². The van der Waals surface area contributed by atoms with Crippen molar-refractivity contribution in [3.63, 3.8) is 0 Å². The largest absolute Gasteiger partial charge is 0.494 e. The lowest BCUT2D eigenvalue weighted by Crippen LogP contribution is -2.58. The van der Waals surface area contributed by atoms with Crippen LogP contribution < -0.4 is 9.47 Å². The fourth-order valence-corrected chi connectivity index (χ4v) is 7.11. The summed E-state index contributed by atoms with van der Waals surface area (Å²) in [6, 6.07) is 42.6. The molecule has 8 heteroatoms. The maximum atomic E-state index is 7.14. The van der Waals surface area contributed by atoms with Gasteiger partial charge >= 0.3 is 0 Å². The Labute approximate surface area is 323 Å². The van der Waals surface area contributed by atoms with Crippen LogP contribution in [-0.4, -0.2) is 50.8 Å². The van der Waals surface area contributed by atoms with Crippen LogP contribution in [0.25, 0.3) is 0 Å². The highest BCUT2D eigenvalue weighted by atomic mass is 35.5. The number of benzene rings is 5. The van der Waals surface area contributed by atoms with E-state index in [1.807, 2.05) is 91.9 Å². The lowest BCUT2D eigenvalue weighted by atomic mass is 9.88. The van der Waals surface area contributed by atoms with Gasteiger partial charge in [0.25, 0.3) is 0 Å². The van der Waals surface area contributed by atoms with Crippen molar-refractivity contribution in [2.24, 2.45) is 0 Å². The SMILES string of the molecule is CCOc1ccc(Cc2cc3c(cc2Cl)OCC=CCOCC2OC3C(OCc3ccccc3)C(OCc3ccccc3)C2OCc2ccccc2)cc1. The number of halogens is 1. The lowest BCUT2D eigenvalue weighted by Gasteiger charge is -2.46. The quantitative estimate of drug-likeness (QED) is 0.111. The lowest BCUT2D eigenvalue weighted by molar-refractivity contribution is -0.274. The topological polar surface area (TPSA) is 64.6 Å². The third-order valence-electron chi connectivity index (χ3n) is 9.60. The standard InChI is InChI=1S/C46H47ClO7/c1-2-49-38-22-20-33(21-23-38)26-37-27-39-41(28-40(37)47)50-25-13-12-24-48-32-42-44(51-29-34-14-6-3-7-15-34)46(53-31-36-18-10-5-11-19-36)45(43(39)54-42)52-30-35-16-8-4-9-17-35/h3-23,27-28,42-46H,2,24-26,29-32H2,1H3. The average Bonchev–Trinajstić information content (AvgIpc) is 3.21. The van der Waals surface area contributed by atoms with Gasteiger partial charge in [0.15, 0.2) is 0 Å². The summed E-state index contributed by atoms with van der Waals surface area (Å²) in [7, 11) is 0. The number of hydrogen-bond donors (Lipinski definition) is 0. The van der Waals surface area contributed by atoms with Crippen LogP contribution in [0.15, 0.2) is 140 Å². The van der Waals surface area contributed by atoms with Crippen LogP contribution in [0.5, 0.6) is 11.5 Å². The number of ether oxygens (including phenoxy) is 7. The van der Waals surface area contributed by atoms with E-state index in [2.05, 4.69) is 54.6 Å². The Kier molecular flexibility index (Phi) is 13.5. The Morgan fingerprint density at radius 2 is 1.20 bits per heavy atom.